The second-order valence-electron chi connectivity index (χ2n) is 9.17. The summed E-state index contributed by atoms with van der Waals surface area (Å²) in [4.78, 5) is 31.9. The lowest BCUT2D eigenvalue weighted by Gasteiger charge is -2.33. The number of hydrogen-bond donors (Lipinski definition) is 1. The van der Waals surface area contributed by atoms with Gasteiger partial charge in [0.05, 0.1) is 32.8 Å². The van der Waals surface area contributed by atoms with Crippen LogP contribution in [-0.4, -0.2) is 46.7 Å². The molecule has 1 amide bonds. The highest BCUT2D eigenvalue weighted by molar-refractivity contribution is 6.42. The van der Waals surface area contributed by atoms with Crippen LogP contribution in [0.25, 0.3) is 10.9 Å². The molecule has 0 radical (unpaired) electrons. The van der Waals surface area contributed by atoms with E-state index in [4.69, 9.17) is 27.9 Å². The molecule has 3 heterocycles. The Hall–Kier alpha value is -2.94. The van der Waals surface area contributed by atoms with E-state index in [0.717, 1.165) is 12.8 Å². The number of hydrogen-bond acceptors (Lipinski definition) is 5. The first kappa shape index (κ1) is 24.7. The summed E-state index contributed by atoms with van der Waals surface area (Å²) in [5.74, 6) is -0.798. The zero-order valence-corrected chi connectivity index (χ0v) is 21.0. The van der Waals surface area contributed by atoms with Crippen molar-refractivity contribution in [2.75, 3.05) is 31.6 Å². The van der Waals surface area contributed by atoms with Crippen LogP contribution in [0.5, 0.6) is 0 Å². The minimum absolute atomic E-state index is 0.0266. The van der Waals surface area contributed by atoms with Crippen molar-refractivity contribution in [3.8, 4) is 0 Å². The van der Waals surface area contributed by atoms with Gasteiger partial charge in [-0.25, -0.2) is 9.37 Å². The molecule has 1 aromatic heterocycles. The quantitative estimate of drug-likeness (QED) is 0.374. The number of benzene rings is 2. The number of rotatable bonds is 5. The Bertz CT molecular complexity index is 1410. The van der Waals surface area contributed by atoms with Crippen LogP contribution in [0, 0.1) is 5.82 Å². The van der Waals surface area contributed by atoms with Gasteiger partial charge in [-0.05, 0) is 55.7 Å². The molecule has 188 valence electrons. The summed E-state index contributed by atoms with van der Waals surface area (Å²) >= 11 is 12.8. The minimum atomic E-state index is -1.07. The SMILES string of the molecule is C=CC(=O)N1CCC(Nc2ccc3ncn(C4CCOCC4)c(=O)c3c2)(c2c(F)ccc(Cl)c2Cl)C1. The van der Waals surface area contributed by atoms with Gasteiger partial charge < -0.3 is 15.0 Å². The van der Waals surface area contributed by atoms with E-state index in [1.807, 2.05) is 0 Å². The number of carbonyl (C=O) groups excluding carboxylic acids is 1. The Morgan fingerprint density at radius 1 is 1.25 bits per heavy atom. The molecule has 2 fully saturated rings. The molecule has 0 bridgehead atoms. The summed E-state index contributed by atoms with van der Waals surface area (Å²) in [5.41, 5.74) is 0.105. The fourth-order valence-electron chi connectivity index (χ4n) is 5.17. The van der Waals surface area contributed by atoms with Crippen molar-refractivity contribution < 1.29 is 13.9 Å². The monoisotopic (exact) mass is 530 g/mol. The topological polar surface area (TPSA) is 76.5 Å². The van der Waals surface area contributed by atoms with Crippen molar-refractivity contribution in [3.63, 3.8) is 0 Å². The summed E-state index contributed by atoms with van der Waals surface area (Å²) in [5, 5.41) is 4.14. The predicted octanol–water partition coefficient (Wildman–Crippen LogP) is 4.92. The molecule has 2 aliphatic heterocycles. The molecule has 0 aliphatic carbocycles. The molecular weight excluding hydrogens is 506 g/mol. The van der Waals surface area contributed by atoms with Gasteiger partial charge in [0.2, 0.25) is 5.91 Å². The van der Waals surface area contributed by atoms with Gasteiger partial charge >= 0.3 is 0 Å². The molecule has 5 rings (SSSR count). The van der Waals surface area contributed by atoms with Crippen LogP contribution in [0.1, 0.15) is 30.9 Å². The Kier molecular flexibility index (Phi) is 6.76. The second-order valence-corrected chi connectivity index (χ2v) is 9.96. The lowest BCUT2D eigenvalue weighted by molar-refractivity contribution is -0.125. The average molecular weight is 531 g/mol. The third kappa shape index (κ3) is 4.38. The van der Waals surface area contributed by atoms with Crippen LogP contribution in [0.15, 0.2) is 54.1 Å². The maximum absolute atomic E-state index is 15.2. The maximum Gasteiger partial charge on any atom is 0.261 e. The van der Waals surface area contributed by atoms with Gasteiger partial charge in [0.1, 0.15) is 5.82 Å². The molecule has 0 saturated carbocycles. The number of carbonyl (C=O) groups is 1. The van der Waals surface area contributed by atoms with E-state index in [1.165, 1.54) is 18.2 Å². The van der Waals surface area contributed by atoms with Crippen LogP contribution >= 0.6 is 23.2 Å². The first-order valence-electron chi connectivity index (χ1n) is 11.7. The van der Waals surface area contributed by atoms with Gasteiger partial charge in [-0.15, -0.1) is 0 Å². The summed E-state index contributed by atoms with van der Waals surface area (Å²) in [6, 6.07) is 7.94. The molecule has 2 saturated heterocycles. The molecule has 3 aromatic rings. The summed E-state index contributed by atoms with van der Waals surface area (Å²) in [7, 11) is 0. The van der Waals surface area contributed by atoms with Gasteiger partial charge in [0.15, 0.2) is 0 Å². The van der Waals surface area contributed by atoms with Gasteiger partial charge in [-0.1, -0.05) is 29.8 Å². The number of anilines is 1. The number of halogens is 3. The molecule has 1 unspecified atom stereocenters. The van der Waals surface area contributed by atoms with Crippen molar-refractivity contribution in [2.24, 2.45) is 0 Å². The van der Waals surface area contributed by atoms with E-state index in [1.54, 1.807) is 34.0 Å². The normalized spacial score (nSPS) is 20.6. The third-order valence-electron chi connectivity index (χ3n) is 7.03. The number of ether oxygens (including phenoxy) is 1. The van der Waals surface area contributed by atoms with Crippen molar-refractivity contribution in [1.29, 1.82) is 0 Å². The molecule has 10 heteroatoms. The van der Waals surface area contributed by atoms with Gasteiger partial charge in [0.25, 0.3) is 5.56 Å². The average Bonchev–Trinajstić information content (AvgIpc) is 3.31. The van der Waals surface area contributed by atoms with E-state index in [2.05, 4.69) is 16.9 Å². The summed E-state index contributed by atoms with van der Waals surface area (Å²) < 4.78 is 22.3. The van der Waals surface area contributed by atoms with E-state index in [-0.39, 0.29) is 39.7 Å². The fraction of sp³-hybridized carbons (Fsp3) is 0.346. The summed E-state index contributed by atoms with van der Waals surface area (Å²) in [6.45, 7) is 5.28. The molecule has 1 atom stereocenters. The summed E-state index contributed by atoms with van der Waals surface area (Å²) in [6.07, 6.45) is 4.68. The first-order valence-corrected chi connectivity index (χ1v) is 12.5. The van der Waals surface area contributed by atoms with Crippen LogP contribution in [-0.2, 0) is 15.1 Å². The molecule has 1 N–H and O–H groups in total. The maximum atomic E-state index is 15.2. The Morgan fingerprint density at radius 2 is 2.03 bits per heavy atom. The smallest absolute Gasteiger partial charge is 0.261 e. The predicted molar refractivity (Wildman–Crippen MR) is 138 cm³/mol. The molecule has 2 aromatic carbocycles. The Morgan fingerprint density at radius 3 is 2.78 bits per heavy atom. The number of likely N-dealkylation sites (tertiary alicyclic amines) is 1. The number of amides is 1. The van der Waals surface area contributed by atoms with Crippen LogP contribution < -0.4 is 10.9 Å². The molecular formula is C26H25Cl2FN4O3. The molecule has 2 aliphatic rings. The lowest BCUT2D eigenvalue weighted by atomic mass is 9.87. The van der Waals surface area contributed by atoms with E-state index < -0.39 is 11.4 Å². The molecule has 36 heavy (non-hydrogen) atoms. The van der Waals surface area contributed by atoms with Crippen LogP contribution in [0.3, 0.4) is 0 Å². The van der Waals surface area contributed by atoms with Crippen molar-refractivity contribution in [2.45, 2.75) is 30.8 Å². The van der Waals surface area contributed by atoms with Crippen molar-refractivity contribution >= 4 is 45.7 Å². The largest absolute Gasteiger partial charge is 0.381 e. The first-order chi connectivity index (χ1) is 17.3. The van der Waals surface area contributed by atoms with Crippen molar-refractivity contribution in [1.82, 2.24) is 14.5 Å². The zero-order valence-electron chi connectivity index (χ0n) is 19.5. The van der Waals surface area contributed by atoms with Crippen LogP contribution in [0.2, 0.25) is 10.0 Å². The van der Waals surface area contributed by atoms with E-state index >= 15 is 4.39 Å². The van der Waals surface area contributed by atoms with E-state index in [0.29, 0.717) is 42.8 Å². The second kappa shape index (κ2) is 9.84. The highest BCUT2D eigenvalue weighted by Crippen LogP contribution is 2.43. The minimum Gasteiger partial charge on any atom is -0.381 e. The third-order valence-corrected chi connectivity index (χ3v) is 7.83. The van der Waals surface area contributed by atoms with E-state index in [9.17, 15) is 9.59 Å². The lowest BCUT2D eigenvalue weighted by Crippen LogP contribution is -2.41. The molecule has 7 nitrogen and oxygen atoms in total. The van der Waals surface area contributed by atoms with Gasteiger partial charge in [-0.2, -0.15) is 0 Å². The van der Waals surface area contributed by atoms with Gasteiger partial charge in [0, 0.05) is 43.6 Å². The number of nitrogens with zero attached hydrogens (tertiary/aromatic N) is 3. The molecule has 0 spiro atoms. The van der Waals surface area contributed by atoms with Crippen LogP contribution in [0.4, 0.5) is 10.1 Å². The number of nitrogens with one attached hydrogen (secondary N) is 1. The van der Waals surface area contributed by atoms with Crippen molar-refractivity contribution in [3.05, 3.63) is 81.1 Å². The Balaban J connectivity index is 1.58. The Labute approximate surface area is 217 Å². The van der Waals surface area contributed by atoms with Gasteiger partial charge in [-0.3, -0.25) is 14.2 Å². The highest BCUT2D eigenvalue weighted by atomic mass is 35.5. The standard InChI is InChI=1S/C26H25Cl2FN4O3/c1-2-22(34)32-10-9-26(14-32,23-20(29)5-4-19(27)24(23)28)31-16-3-6-21-18(13-16)25(35)33(15-30-21)17-7-11-36-12-8-17/h2-6,13,15,17,31H,1,7-12,14H2. The number of aromatic nitrogens is 2. The number of fused-ring (bicyclic) bond motifs is 1. The fourth-order valence-corrected chi connectivity index (χ4v) is 5.67. The zero-order chi connectivity index (χ0) is 25.4. The highest BCUT2D eigenvalue weighted by Gasteiger charge is 2.44.